The summed E-state index contributed by atoms with van der Waals surface area (Å²) in [6, 6.07) is 4.78. The number of hydrogen-bond acceptors (Lipinski definition) is 4. The fourth-order valence-electron chi connectivity index (χ4n) is 0.987. The number of primary amides is 1. The van der Waals surface area contributed by atoms with Crippen LogP contribution < -0.4 is 11.5 Å². The number of benzene rings is 1. The molecule has 0 saturated heterocycles. The van der Waals surface area contributed by atoms with Crippen molar-refractivity contribution < 1.29 is 14.3 Å². The molecule has 0 bridgehead atoms. The number of halogens is 1. The lowest BCUT2D eigenvalue weighted by atomic mass is 10.2. The first kappa shape index (κ1) is 12.5. The van der Waals surface area contributed by atoms with E-state index in [9.17, 15) is 9.59 Å². The van der Waals surface area contributed by atoms with Gasteiger partial charge in [-0.25, -0.2) is 4.79 Å². The molecule has 1 rings (SSSR count). The van der Waals surface area contributed by atoms with Crippen molar-refractivity contribution in [1.29, 1.82) is 0 Å². The molecule has 0 radical (unpaired) electrons. The fourth-order valence-corrected chi connectivity index (χ4v) is 1.35. The van der Waals surface area contributed by atoms with Gasteiger partial charge >= 0.3 is 5.97 Å². The third kappa shape index (κ3) is 2.96. The van der Waals surface area contributed by atoms with Crippen molar-refractivity contribution in [3.8, 4) is 0 Å². The Morgan fingerprint density at radius 1 is 1.44 bits per heavy atom. The van der Waals surface area contributed by atoms with Crippen LogP contribution in [0.5, 0.6) is 0 Å². The molecule has 0 saturated carbocycles. The largest absolute Gasteiger partial charge is 0.449 e. The maximum Gasteiger partial charge on any atom is 0.341 e. The average molecular weight is 287 g/mol. The molecule has 1 aromatic carbocycles. The zero-order valence-electron chi connectivity index (χ0n) is 8.57. The van der Waals surface area contributed by atoms with Crippen molar-refractivity contribution in [2.24, 2.45) is 5.73 Å². The van der Waals surface area contributed by atoms with Gasteiger partial charge in [0.25, 0.3) is 5.91 Å². The first-order valence-corrected chi connectivity index (χ1v) is 5.26. The van der Waals surface area contributed by atoms with E-state index < -0.39 is 18.0 Å². The van der Waals surface area contributed by atoms with E-state index in [-0.39, 0.29) is 11.3 Å². The van der Waals surface area contributed by atoms with Crippen LogP contribution in [0.1, 0.15) is 17.3 Å². The molecular formula is C10H11BrN2O3. The van der Waals surface area contributed by atoms with Gasteiger partial charge in [-0.05, 0) is 25.1 Å². The van der Waals surface area contributed by atoms with Crippen molar-refractivity contribution in [3.05, 3.63) is 28.2 Å². The number of nitrogens with two attached hydrogens (primary N) is 2. The molecule has 1 amide bonds. The molecule has 0 aliphatic rings. The maximum atomic E-state index is 11.6. The molecule has 0 unspecified atom stereocenters. The van der Waals surface area contributed by atoms with Gasteiger partial charge in [-0.2, -0.15) is 0 Å². The summed E-state index contributed by atoms with van der Waals surface area (Å²) in [6.07, 6.45) is -0.981. The van der Waals surface area contributed by atoms with Crippen LogP contribution in [0.4, 0.5) is 5.69 Å². The Bertz CT molecular complexity index is 434. The highest BCUT2D eigenvalue weighted by molar-refractivity contribution is 9.10. The smallest absolute Gasteiger partial charge is 0.341 e. The van der Waals surface area contributed by atoms with Crippen LogP contribution in [0.2, 0.25) is 0 Å². The van der Waals surface area contributed by atoms with Gasteiger partial charge in [-0.1, -0.05) is 15.9 Å². The molecule has 5 nitrogen and oxygen atoms in total. The van der Waals surface area contributed by atoms with Gasteiger partial charge in [0.1, 0.15) is 0 Å². The van der Waals surface area contributed by atoms with Crippen molar-refractivity contribution in [2.45, 2.75) is 13.0 Å². The van der Waals surface area contributed by atoms with E-state index in [0.29, 0.717) is 4.47 Å². The number of rotatable bonds is 3. The van der Waals surface area contributed by atoms with Crippen LogP contribution in [0.3, 0.4) is 0 Å². The van der Waals surface area contributed by atoms with E-state index in [2.05, 4.69) is 15.9 Å². The standard InChI is InChI=1S/C10H11BrN2O3/c1-5(9(13)14)16-10(15)7-4-6(11)2-3-8(7)12/h2-5H,12H2,1H3,(H2,13,14)/t5-/m1/s1. The van der Waals surface area contributed by atoms with Crippen LogP contribution >= 0.6 is 15.9 Å². The van der Waals surface area contributed by atoms with Crippen LogP contribution in [0.25, 0.3) is 0 Å². The molecular weight excluding hydrogens is 276 g/mol. The van der Waals surface area contributed by atoms with Crippen molar-refractivity contribution in [2.75, 3.05) is 5.73 Å². The van der Waals surface area contributed by atoms with E-state index >= 15 is 0 Å². The normalized spacial score (nSPS) is 11.9. The Hall–Kier alpha value is -1.56. The zero-order valence-corrected chi connectivity index (χ0v) is 10.2. The van der Waals surface area contributed by atoms with Gasteiger partial charge in [-0.3, -0.25) is 4.79 Å². The van der Waals surface area contributed by atoms with Gasteiger partial charge in [0.2, 0.25) is 0 Å². The van der Waals surface area contributed by atoms with Gasteiger partial charge in [0.15, 0.2) is 6.10 Å². The molecule has 0 aliphatic carbocycles. The molecule has 0 aromatic heterocycles. The number of anilines is 1. The molecule has 0 heterocycles. The zero-order chi connectivity index (χ0) is 12.3. The molecule has 6 heteroatoms. The molecule has 1 atom stereocenters. The van der Waals surface area contributed by atoms with E-state index in [4.69, 9.17) is 16.2 Å². The highest BCUT2D eigenvalue weighted by Gasteiger charge is 2.18. The van der Waals surface area contributed by atoms with Crippen molar-refractivity contribution in [1.82, 2.24) is 0 Å². The van der Waals surface area contributed by atoms with E-state index in [0.717, 1.165) is 0 Å². The Labute approximate surface area is 101 Å². The predicted octanol–water partition coefficient (Wildman–Crippen LogP) is 1.06. The summed E-state index contributed by atoms with van der Waals surface area (Å²) in [6.45, 7) is 1.40. The van der Waals surface area contributed by atoms with Gasteiger partial charge < -0.3 is 16.2 Å². The van der Waals surface area contributed by atoms with Gasteiger partial charge in [0.05, 0.1) is 5.56 Å². The minimum Gasteiger partial charge on any atom is -0.449 e. The summed E-state index contributed by atoms with van der Waals surface area (Å²) in [7, 11) is 0. The monoisotopic (exact) mass is 286 g/mol. The van der Waals surface area contributed by atoms with Crippen LogP contribution in [0, 0.1) is 0 Å². The third-order valence-corrected chi connectivity index (χ3v) is 2.41. The number of esters is 1. The topological polar surface area (TPSA) is 95.4 Å². The van der Waals surface area contributed by atoms with Gasteiger partial charge in [0, 0.05) is 10.2 Å². The Balaban J connectivity index is 2.88. The molecule has 16 heavy (non-hydrogen) atoms. The van der Waals surface area contributed by atoms with Crippen LogP contribution in [-0.2, 0) is 9.53 Å². The minimum atomic E-state index is -0.981. The van der Waals surface area contributed by atoms with Crippen molar-refractivity contribution in [3.63, 3.8) is 0 Å². The summed E-state index contributed by atoms with van der Waals surface area (Å²) < 4.78 is 5.51. The summed E-state index contributed by atoms with van der Waals surface area (Å²) in [4.78, 5) is 22.3. The predicted molar refractivity (Wildman–Crippen MR) is 62.6 cm³/mol. The lowest BCUT2D eigenvalue weighted by molar-refractivity contribution is -0.125. The van der Waals surface area contributed by atoms with Crippen LogP contribution in [-0.4, -0.2) is 18.0 Å². The lowest BCUT2D eigenvalue weighted by Crippen LogP contribution is -2.30. The number of carbonyl (C=O) groups excluding carboxylic acids is 2. The SMILES string of the molecule is C[C@@H](OC(=O)c1cc(Br)ccc1N)C(N)=O. The molecule has 0 spiro atoms. The second-order valence-electron chi connectivity index (χ2n) is 3.18. The summed E-state index contributed by atoms with van der Waals surface area (Å²) >= 11 is 3.20. The quantitative estimate of drug-likeness (QED) is 0.642. The number of ether oxygens (including phenoxy) is 1. The fraction of sp³-hybridized carbons (Fsp3) is 0.200. The minimum absolute atomic E-state index is 0.197. The molecule has 0 aliphatic heterocycles. The molecule has 86 valence electrons. The third-order valence-electron chi connectivity index (χ3n) is 1.92. The van der Waals surface area contributed by atoms with Crippen LogP contribution in [0.15, 0.2) is 22.7 Å². The number of nitrogen functional groups attached to an aromatic ring is 1. The highest BCUT2D eigenvalue weighted by Crippen LogP contribution is 2.19. The Morgan fingerprint density at radius 2 is 2.06 bits per heavy atom. The maximum absolute atomic E-state index is 11.6. The van der Waals surface area contributed by atoms with E-state index in [1.807, 2.05) is 0 Å². The molecule has 4 N–H and O–H groups in total. The number of carbonyl (C=O) groups is 2. The Morgan fingerprint density at radius 3 is 2.62 bits per heavy atom. The van der Waals surface area contributed by atoms with E-state index in [1.54, 1.807) is 12.1 Å². The first-order valence-electron chi connectivity index (χ1n) is 4.47. The second-order valence-corrected chi connectivity index (χ2v) is 4.10. The number of hydrogen-bond donors (Lipinski definition) is 2. The highest BCUT2D eigenvalue weighted by atomic mass is 79.9. The van der Waals surface area contributed by atoms with Gasteiger partial charge in [-0.15, -0.1) is 0 Å². The van der Waals surface area contributed by atoms with E-state index in [1.165, 1.54) is 13.0 Å². The summed E-state index contributed by atoms with van der Waals surface area (Å²) in [5.41, 5.74) is 11.1. The summed E-state index contributed by atoms with van der Waals surface area (Å²) in [5, 5.41) is 0. The lowest BCUT2D eigenvalue weighted by Gasteiger charge is -2.10. The average Bonchev–Trinajstić information content (AvgIpc) is 2.21. The van der Waals surface area contributed by atoms with Crippen molar-refractivity contribution >= 4 is 33.5 Å². The molecule has 1 aromatic rings. The first-order chi connectivity index (χ1) is 7.41. The number of amides is 1. The molecule has 0 fully saturated rings. The Kier molecular flexibility index (Phi) is 3.89. The summed E-state index contributed by atoms with van der Waals surface area (Å²) in [5.74, 6) is -1.38. The second kappa shape index (κ2) is 4.98.